The molecule has 7 nitrogen and oxygen atoms in total. The molecule has 1 saturated heterocycles. The predicted molar refractivity (Wildman–Crippen MR) is 114 cm³/mol. The van der Waals surface area contributed by atoms with E-state index in [1.807, 2.05) is 14.0 Å². The van der Waals surface area contributed by atoms with Crippen LogP contribution in [0.3, 0.4) is 0 Å². The molecule has 154 valence electrons. The van der Waals surface area contributed by atoms with Crippen molar-refractivity contribution in [2.75, 3.05) is 67.5 Å². The topological polar surface area (TPSA) is 56.2 Å². The highest BCUT2D eigenvalue weighted by molar-refractivity contribution is 7.09. The summed E-state index contributed by atoms with van der Waals surface area (Å²) in [5, 5.41) is 6.60. The van der Waals surface area contributed by atoms with Crippen LogP contribution in [0.2, 0.25) is 0 Å². The van der Waals surface area contributed by atoms with Crippen LogP contribution in [0, 0.1) is 0 Å². The number of rotatable bonds is 9. The van der Waals surface area contributed by atoms with Crippen molar-refractivity contribution >= 4 is 17.3 Å². The Kier molecular flexibility index (Phi) is 9.47. The van der Waals surface area contributed by atoms with Crippen LogP contribution in [0.25, 0.3) is 0 Å². The molecule has 1 aliphatic heterocycles. The van der Waals surface area contributed by atoms with E-state index in [1.54, 1.807) is 18.4 Å². The van der Waals surface area contributed by atoms with E-state index >= 15 is 0 Å². The van der Waals surface area contributed by atoms with Crippen LogP contribution >= 0.6 is 11.3 Å². The van der Waals surface area contributed by atoms with Crippen molar-refractivity contribution < 1.29 is 4.74 Å². The summed E-state index contributed by atoms with van der Waals surface area (Å²) in [5.41, 5.74) is 1.06. The van der Waals surface area contributed by atoms with E-state index in [0.717, 1.165) is 36.2 Å². The van der Waals surface area contributed by atoms with Gasteiger partial charge in [-0.15, -0.1) is 11.3 Å². The maximum Gasteiger partial charge on any atom is 0.193 e. The molecular formula is C19H36N6OS. The zero-order valence-corrected chi connectivity index (χ0v) is 18.4. The summed E-state index contributed by atoms with van der Waals surface area (Å²) in [6.45, 7) is 9.70. The van der Waals surface area contributed by atoms with Gasteiger partial charge in [0.1, 0.15) is 11.1 Å². The Bertz CT molecular complexity index is 570. The smallest absolute Gasteiger partial charge is 0.193 e. The quantitative estimate of drug-likeness (QED) is 0.391. The molecule has 1 N–H and O–H groups in total. The number of ether oxygens (including phenoxy) is 1. The molecule has 8 heteroatoms. The van der Waals surface area contributed by atoms with Gasteiger partial charge in [-0.1, -0.05) is 0 Å². The molecule has 0 spiro atoms. The van der Waals surface area contributed by atoms with Crippen molar-refractivity contribution in [2.45, 2.75) is 32.4 Å². The molecule has 27 heavy (non-hydrogen) atoms. The number of hydrogen-bond donors (Lipinski definition) is 1. The van der Waals surface area contributed by atoms with Gasteiger partial charge in [0.15, 0.2) is 5.96 Å². The SMILES string of the molecule is CN=C(NCCCCN1CCN(C)CC1)N(C)Cc1csc(C(C)OC)n1. The van der Waals surface area contributed by atoms with Crippen LogP contribution in [-0.2, 0) is 11.3 Å². The van der Waals surface area contributed by atoms with E-state index in [0.29, 0.717) is 0 Å². The summed E-state index contributed by atoms with van der Waals surface area (Å²) in [7, 11) is 7.81. The van der Waals surface area contributed by atoms with Crippen LogP contribution in [0.1, 0.15) is 36.6 Å². The summed E-state index contributed by atoms with van der Waals surface area (Å²) >= 11 is 1.65. The van der Waals surface area contributed by atoms with Crippen molar-refractivity contribution in [3.8, 4) is 0 Å². The first-order valence-corrected chi connectivity index (χ1v) is 10.7. The normalized spacial score (nSPS) is 17.9. The number of thiazole rings is 1. The second kappa shape index (κ2) is 11.6. The average molecular weight is 397 g/mol. The lowest BCUT2D eigenvalue weighted by atomic mass is 10.2. The third kappa shape index (κ3) is 7.37. The fourth-order valence-corrected chi connectivity index (χ4v) is 3.96. The van der Waals surface area contributed by atoms with Gasteiger partial charge in [-0.3, -0.25) is 4.99 Å². The largest absolute Gasteiger partial charge is 0.375 e. The molecule has 2 heterocycles. The lowest BCUT2D eigenvalue weighted by molar-refractivity contribution is 0.119. The molecular weight excluding hydrogens is 360 g/mol. The Labute approximate surface area is 168 Å². The van der Waals surface area contributed by atoms with Crippen molar-refractivity contribution in [1.29, 1.82) is 0 Å². The third-order valence-electron chi connectivity index (χ3n) is 5.02. The van der Waals surface area contributed by atoms with E-state index < -0.39 is 0 Å². The highest BCUT2D eigenvalue weighted by atomic mass is 32.1. The maximum absolute atomic E-state index is 5.34. The lowest BCUT2D eigenvalue weighted by Crippen LogP contribution is -2.44. The van der Waals surface area contributed by atoms with Crippen LogP contribution in [0.15, 0.2) is 10.4 Å². The van der Waals surface area contributed by atoms with E-state index in [4.69, 9.17) is 4.74 Å². The van der Waals surface area contributed by atoms with Gasteiger partial charge >= 0.3 is 0 Å². The molecule has 1 aliphatic rings. The van der Waals surface area contributed by atoms with Gasteiger partial charge in [-0.2, -0.15) is 0 Å². The predicted octanol–water partition coefficient (Wildman–Crippen LogP) is 1.89. The Balaban J connectivity index is 1.66. The molecule has 1 aromatic heterocycles. The van der Waals surface area contributed by atoms with E-state index in [1.165, 1.54) is 39.1 Å². The minimum atomic E-state index is 0.0480. The van der Waals surface area contributed by atoms with Gasteiger partial charge < -0.3 is 24.8 Å². The minimum Gasteiger partial charge on any atom is -0.375 e. The molecule has 0 amide bonds. The molecule has 2 rings (SSSR count). The maximum atomic E-state index is 5.34. The number of aliphatic imine (C=N–C) groups is 1. The van der Waals surface area contributed by atoms with Gasteiger partial charge in [0.2, 0.25) is 0 Å². The molecule has 0 aromatic carbocycles. The number of guanidine groups is 1. The number of nitrogens with zero attached hydrogens (tertiary/aromatic N) is 5. The first-order chi connectivity index (χ1) is 13.0. The molecule has 1 fully saturated rings. The summed E-state index contributed by atoms with van der Waals surface area (Å²) in [6, 6.07) is 0. The van der Waals surface area contributed by atoms with E-state index in [-0.39, 0.29) is 6.10 Å². The average Bonchev–Trinajstić information content (AvgIpc) is 3.13. The molecule has 0 saturated carbocycles. The van der Waals surface area contributed by atoms with Crippen LogP contribution in [-0.4, -0.2) is 93.2 Å². The van der Waals surface area contributed by atoms with Crippen molar-refractivity contribution in [1.82, 2.24) is 25.0 Å². The number of likely N-dealkylation sites (N-methyl/N-ethyl adjacent to an activating group) is 1. The zero-order chi connectivity index (χ0) is 19.6. The fraction of sp³-hybridized carbons (Fsp3) is 0.789. The highest BCUT2D eigenvalue weighted by Crippen LogP contribution is 2.20. The highest BCUT2D eigenvalue weighted by Gasteiger charge is 2.14. The Hall–Kier alpha value is -1.22. The second-order valence-corrected chi connectivity index (χ2v) is 8.13. The first-order valence-electron chi connectivity index (χ1n) is 9.83. The van der Waals surface area contributed by atoms with Crippen LogP contribution in [0.5, 0.6) is 0 Å². The summed E-state index contributed by atoms with van der Waals surface area (Å²) in [4.78, 5) is 16.2. The molecule has 0 aliphatic carbocycles. The Morgan fingerprint density at radius 2 is 2.11 bits per heavy atom. The number of nitrogens with one attached hydrogen (secondary N) is 1. The van der Waals surface area contributed by atoms with Crippen molar-refractivity contribution in [3.05, 3.63) is 16.1 Å². The molecule has 0 radical (unpaired) electrons. The van der Waals surface area contributed by atoms with Crippen molar-refractivity contribution in [3.63, 3.8) is 0 Å². The Morgan fingerprint density at radius 3 is 2.78 bits per heavy atom. The molecule has 0 bridgehead atoms. The minimum absolute atomic E-state index is 0.0480. The third-order valence-corrected chi connectivity index (χ3v) is 6.08. The van der Waals surface area contributed by atoms with Gasteiger partial charge in [-0.25, -0.2) is 4.98 Å². The zero-order valence-electron chi connectivity index (χ0n) is 17.6. The van der Waals surface area contributed by atoms with Gasteiger partial charge in [0.25, 0.3) is 0 Å². The Morgan fingerprint density at radius 1 is 1.37 bits per heavy atom. The first kappa shape index (κ1) is 22.1. The number of methoxy groups -OCH3 is 1. The van der Waals surface area contributed by atoms with E-state index in [2.05, 4.69) is 49.5 Å². The lowest BCUT2D eigenvalue weighted by Gasteiger charge is -2.32. The number of hydrogen-bond acceptors (Lipinski definition) is 6. The fourth-order valence-electron chi connectivity index (χ4n) is 3.12. The van der Waals surface area contributed by atoms with Gasteiger partial charge in [0, 0.05) is 59.3 Å². The number of aromatic nitrogens is 1. The number of unbranched alkanes of at least 4 members (excludes halogenated alkanes) is 1. The standard InChI is InChI=1S/C19H36N6OS/c1-16(26-5)18-22-17(15-27-18)14-24(4)19(20-2)21-8-6-7-9-25-12-10-23(3)11-13-25/h15-16H,6-14H2,1-5H3,(H,20,21). The van der Waals surface area contributed by atoms with Gasteiger partial charge in [-0.05, 0) is 33.4 Å². The molecule has 1 atom stereocenters. The summed E-state index contributed by atoms with van der Waals surface area (Å²) in [5.74, 6) is 0.920. The second-order valence-electron chi connectivity index (χ2n) is 7.24. The molecule has 1 unspecified atom stereocenters. The van der Waals surface area contributed by atoms with Crippen LogP contribution < -0.4 is 5.32 Å². The van der Waals surface area contributed by atoms with Gasteiger partial charge in [0.05, 0.1) is 12.2 Å². The summed E-state index contributed by atoms with van der Waals surface area (Å²) in [6.07, 6.45) is 2.43. The summed E-state index contributed by atoms with van der Waals surface area (Å²) < 4.78 is 5.34. The number of piperazine rings is 1. The van der Waals surface area contributed by atoms with Crippen molar-refractivity contribution in [2.24, 2.45) is 4.99 Å². The van der Waals surface area contributed by atoms with Crippen LogP contribution in [0.4, 0.5) is 0 Å². The monoisotopic (exact) mass is 396 g/mol. The molecule has 1 aromatic rings. The van der Waals surface area contributed by atoms with E-state index in [9.17, 15) is 0 Å².